The Labute approximate surface area is 147 Å². The lowest BCUT2D eigenvalue weighted by Gasteiger charge is -2.30. The molecule has 1 saturated heterocycles. The van der Waals surface area contributed by atoms with Crippen molar-refractivity contribution in [3.05, 3.63) is 65.5 Å². The molecule has 2 N–H and O–H groups in total. The minimum Gasteiger partial charge on any atom is -0.494 e. The SMILES string of the molecule is COc1ccc([C@H](O)[C@H](C[NH+]2CCOCC2)c2ccccc2)cc1F. The lowest BCUT2D eigenvalue weighted by molar-refractivity contribution is -0.909. The Balaban J connectivity index is 1.86. The summed E-state index contributed by atoms with van der Waals surface area (Å²) in [6, 6.07) is 14.6. The van der Waals surface area contributed by atoms with Crippen LogP contribution in [0.3, 0.4) is 0 Å². The minimum absolute atomic E-state index is 0.109. The quantitative estimate of drug-likeness (QED) is 0.834. The van der Waals surface area contributed by atoms with Crippen molar-refractivity contribution in [1.82, 2.24) is 0 Å². The fraction of sp³-hybridized carbons (Fsp3) is 0.400. The fourth-order valence-corrected chi connectivity index (χ4v) is 3.39. The van der Waals surface area contributed by atoms with Gasteiger partial charge in [0.15, 0.2) is 11.6 Å². The minimum atomic E-state index is -0.779. The number of benzene rings is 2. The molecule has 0 saturated carbocycles. The van der Waals surface area contributed by atoms with Crippen molar-refractivity contribution in [2.75, 3.05) is 40.0 Å². The van der Waals surface area contributed by atoms with Crippen LogP contribution in [0, 0.1) is 5.82 Å². The predicted molar refractivity (Wildman–Crippen MR) is 93.5 cm³/mol. The van der Waals surface area contributed by atoms with Crippen LogP contribution in [0.25, 0.3) is 0 Å². The molecule has 0 bridgehead atoms. The van der Waals surface area contributed by atoms with Gasteiger partial charge < -0.3 is 19.5 Å². The topological polar surface area (TPSA) is 43.1 Å². The molecule has 2 aromatic carbocycles. The highest BCUT2D eigenvalue weighted by atomic mass is 19.1. The van der Waals surface area contributed by atoms with E-state index in [2.05, 4.69) is 0 Å². The number of aliphatic hydroxyl groups excluding tert-OH is 1. The van der Waals surface area contributed by atoms with Crippen molar-refractivity contribution in [2.24, 2.45) is 0 Å². The van der Waals surface area contributed by atoms with Gasteiger partial charge in [-0.3, -0.25) is 0 Å². The number of methoxy groups -OCH3 is 1. The molecule has 0 amide bonds. The zero-order chi connectivity index (χ0) is 17.6. The zero-order valence-corrected chi connectivity index (χ0v) is 14.5. The van der Waals surface area contributed by atoms with Crippen LogP contribution in [-0.2, 0) is 4.74 Å². The highest BCUT2D eigenvalue weighted by Gasteiger charge is 2.29. The maximum Gasteiger partial charge on any atom is 0.165 e. The molecule has 2 atom stereocenters. The molecule has 1 heterocycles. The van der Waals surface area contributed by atoms with Gasteiger partial charge in [0.1, 0.15) is 13.1 Å². The lowest BCUT2D eigenvalue weighted by atomic mass is 9.88. The summed E-state index contributed by atoms with van der Waals surface area (Å²) >= 11 is 0. The fourth-order valence-electron chi connectivity index (χ4n) is 3.39. The second-order valence-corrected chi connectivity index (χ2v) is 6.42. The standard InChI is InChI=1S/C20H24FNO3/c1-24-19-8-7-16(13-18(19)21)20(23)17(15-5-3-2-4-6-15)14-22-9-11-25-12-10-22/h2-8,13,17,20,23H,9-12,14H2,1H3/p+1/t17-,20+/m1/s1. The first-order valence-electron chi connectivity index (χ1n) is 8.67. The molecule has 1 aliphatic rings. The summed E-state index contributed by atoms with van der Waals surface area (Å²) in [5, 5.41) is 11.0. The number of ether oxygens (including phenoxy) is 2. The van der Waals surface area contributed by atoms with Gasteiger partial charge in [-0.25, -0.2) is 4.39 Å². The summed E-state index contributed by atoms with van der Waals surface area (Å²) < 4.78 is 24.5. The third-order valence-electron chi connectivity index (χ3n) is 4.83. The Bertz CT molecular complexity index is 674. The van der Waals surface area contributed by atoms with E-state index in [0.717, 1.165) is 38.4 Å². The number of hydrogen-bond acceptors (Lipinski definition) is 3. The zero-order valence-electron chi connectivity index (χ0n) is 14.5. The van der Waals surface area contributed by atoms with Crippen molar-refractivity contribution >= 4 is 0 Å². The van der Waals surface area contributed by atoms with Crippen LogP contribution in [0.2, 0.25) is 0 Å². The highest BCUT2D eigenvalue weighted by molar-refractivity contribution is 5.33. The van der Waals surface area contributed by atoms with Gasteiger partial charge in [0, 0.05) is 0 Å². The average molecular weight is 346 g/mol. The Morgan fingerprint density at radius 3 is 2.48 bits per heavy atom. The van der Waals surface area contributed by atoms with E-state index < -0.39 is 11.9 Å². The first-order chi connectivity index (χ1) is 12.2. The van der Waals surface area contributed by atoms with E-state index in [1.165, 1.54) is 18.1 Å². The summed E-state index contributed by atoms with van der Waals surface area (Å²) in [5.41, 5.74) is 1.63. The first-order valence-corrected chi connectivity index (χ1v) is 8.67. The molecule has 1 fully saturated rings. The molecule has 0 radical (unpaired) electrons. The monoisotopic (exact) mass is 346 g/mol. The summed E-state index contributed by atoms with van der Waals surface area (Å²) in [6.45, 7) is 4.11. The van der Waals surface area contributed by atoms with Crippen LogP contribution < -0.4 is 9.64 Å². The predicted octanol–water partition coefficient (Wildman–Crippen LogP) is 1.57. The maximum absolute atomic E-state index is 14.1. The summed E-state index contributed by atoms with van der Waals surface area (Å²) in [4.78, 5) is 1.40. The van der Waals surface area contributed by atoms with Crippen LogP contribution in [0.4, 0.5) is 4.39 Å². The van der Waals surface area contributed by atoms with Crippen molar-refractivity contribution in [2.45, 2.75) is 12.0 Å². The molecule has 0 spiro atoms. The number of quaternary nitrogens is 1. The van der Waals surface area contributed by atoms with E-state index in [0.29, 0.717) is 5.56 Å². The number of hydrogen-bond donors (Lipinski definition) is 2. The van der Waals surface area contributed by atoms with Crippen LogP contribution in [0.1, 0.15) is 23.1 Å². The Kier molecular flexibility index (Phi) is 6.02. The molecule has 5 heteroatoms. The van der Waals surface area contributed by atoms with Crippen molar-refractivity contribution in [1.29, 1.82) is 0 Å². The smallest absolute Gasteiger partial charge is 0.165 e. The van der Waals surface area contributed by atoms with Crippen LogP contribution in [0.5, 0.6) is 5.75 Å². The van der Waals surface area contributed by atoms with Crippen molar-refractivity contribution in [3.63, 3.8) is 0 Å². The first kappa shape index (κ1) is 17.9. The van der Waals surface area contributed by atoms with Gasteiger partial charge in [-0.2, -0.15) is 0 Å². The molecular weight excluding hydrogens is 321 g/mol. The molecule has 0 aliphatic carbocycles. The molecule has 25 heavy (non-hydrogen) atoms. The van der Waals surface area contributed by atoms with Crippen LogP contribution in [-0.4, -0.2) is 45.1 Å². The van der Waals surface area contributed by atoms with Crippen LogP contribution >= 0.6 is 0 Å². The van der Waals surface area contributed by atoms with E-state index in [-0.39, 0.29) is 11.7 Å². The van der Waals surface area contributed by atoms with Gasteiger partial charge in [-0.05, 0) is 23.3 Å². The number of aliphatic hydroxyl groups is 1. The van der Waals surface area contributed by atoms with Gasteiger partial charge in [-0.15, -0.1) is 0 Å². The van der Waals surface area contributed by atoms with Gasteiger partial charge in [0.25, 0.3) is 0 Å². The van der Waals surface area contributed by atoms with Gasteiger partial charge >= 0.3 is 0 Å². The van der Waals surface area contributed by atoms with Gasteiger partial charge in [-0.1, -0.05) is 36.4 Å². The second-order valence-electron chi connectivity index (χ2n) is 6.42. The highest BCUT2D eigenvalue weighted by Crippen LogP contribution is 2.32. The molecule has 0 aromatic heterocycles. The number of rotatable bonds is 6. The Morgan fingerprint density at radius 2 is 1.84 bits per heavy atom. The normalized spacial score (nSPS) is 17.9. The second kappa shape index (κ2) is 8.43. The third kappa shape index (κ3) is 4.37. The summed E-state index contributed by atoms with van der Waals surface area (Å²) in [7, 11) is 1.43. The summed E-state index contributed by atoms with van der Waals surface area (Å²) in [6.07, 6.45) is -0.779. The van der Waals surface area contributed by atoms with Crippen LogP contribution in [0.15, 0.2) is 48.5 Å². The molecule has 4 nitrogen and oxygen atoms in total. The van der Waals surface area contributed by atoms with E-state index in [4.69, 9.17) is 9.47 Å². The van der Waals surface area contributed by atoms with E-state index in [9.17, 15) is 9.50 Å². The number of morpholine rings is 1. The van der Waals surface area contributed by atoms with Gasteiger partial charge in [0.2, 0.25) is 0 Å². The maximum atomic E-state index is 14.1. The number of nitrogens with one attached hydrogen (secondary N) is 1. The Morgan fingerprint density at radius 1 is 1.12 bits per heavy atom. The average Bonchev–Trinajstić information content (AvgIpc) is 2.67. The molecule has 1 aliphatic heterocycles. The molecule has 3 rings (SSSR count). The van der Waals surface area contributed by atoms with E-state index >= 15 is 0 Å². The van der Waals surface area contributed by atoms with Crippen molar-refractivity contribution in [3.8, 4) is 5.75 Å². The largest absolute Gasteiger partial charge is 0.494 e. The summed E-state index contributed by atoms with van der Waals surface area (Å²) in [5.74, 6) is -0.377. The van der Waals surface area contributed by atoms with E-state index in [1.807, 2.05) is 30.3 Å². The van der Waals surface area contributed by atoms with E-state index in [1.54, 1.807) is 12.1 Å². The third-order valence-corrected chi connectivity index (χ3v) is 4.83. The molecule has 2 aromatic rings. The Hall–Kier alpha value is -1.95. The van der Waals surface area contributed by atoms with Crippen molar-refractivity contribution < 1.29 is 23.9 Å². The molecule has 134 valence electrons. The lowest BCUT2D eigenvalue weighted by Crippen LogP contribution is -3.14. The molecule has 0 unspecified atom stereocenters. The van der Waals surface area contributed by atoms with Gasteiger partial charge in [0.05, 0.1) is 38.9 Å². The number of halogens is 1. The molecular formula is C20H25FNO3+.